The van der Waals surface area contributed by atoms with Gasteiger partial charge in [-0.25, -0.2) is 4.99 Å². The maximum absolute atomic E-state index is 12.5. The van der Waals surface area contributed by atoms with Crippen LogP contribution in [0.3, 0.4) is 0 Å². The van der Waals surface area contributed by atoms with Gasteiger partial charge in [0.05, 0.1) is 17.7 Å². The van der Waals surface area contributed by atoms with Crippen molar-refractivity contribution in [2.45, 2.75) is 13.5 Å². The summed E-state index contributed by atoms with van der Waals surface area (Å²) in [4.78, 5) is 17.6. The van der Waals surface area contributed by atoms with Crippen LogP contribution in [-0.2, 0) is 11.4 Å². The molecule has 0 atom stereocenters. The van der Waals surface area contributed by atoms with Gasteiger partial charge in [-0.05, 0) is 70.9 Å². The number of nitrogens with zero attached hydrogens (tertiary/aromatic N) is 1. The number of hydrogen-bond donors (Lipinski definition) is 1. The summed E-state index contributed by atoms with van der Waals surface area (Å²) in [6.45, 7) is 2.45. The quantitative estimate of drug-likeness (QED) is 0.315. The number of ether oxygens (including phenoxy) is 2. The van der Waals surface area contributed by atoms with E-state index in [4.69, 9.17) is 9.47 Å². The van der Waals surface area contributed by atoms with E-state index in [0.717, 1.165) is 22.4 Å². The number of fused-ring (bicyclic) bond motifs is 1. The van der Waals surface area contributed by atoms with Crippen molar-refractivity contribution in [1.82, 2.24) is 5.32 Å². The molecule has 0 radical (unpaired) electrons. The zero-order valence-corrected chi connectivity index (χ0v) is 20.3. The van der Waals surface area contributed by atoms with Crippen molar-refractivity contribution in [3.8, 4) is 11.5 Å². The van der Waals surface area contributed by atoms with Crippen LogP contribution in [0, 0.1) is 6.92 Å². The van der Waals surface area contributed by atoms with Gasteiger partial charge in [0.1, 0.15) is 6.61 Å². The third-order valence-corrected chi connectivity index (χ3v) is 6.57. The zero-order valence-electron chi connectivity index (χ0n) is 19.4. The summed E-state index contributed by atoms with van der Waals surface area (Å²) in [5.74, 6) is 1.08. The number of benzene rings is 4. The maximum Gasteiger partial charge on any atom is 0.264 e. The third kappa shape index (κ3) is 5.23. The van der Waals surface area contributed by atoms with Gasteiger partial charge >= 0.3 is 0 Å². The van der Waals surface area contributed by atoms with Gasteiger partial charge in [-0.15, -0.1) is 0 Å². The zero-order chi connectivity index (χ0) is 24.2. The Morgan fingerprint density at radius 3 is 2.57 bits per heavy atom. The Balaban J connectivity index is 1.32. The molecule has 0 bridgehead atoms. The van der Waals surface area contributed by atoms with Crippen LogP contribution < -0.4 is 14.8 Å². The number of rotatable bonds is 6. The van der Waals surface area contributed by atoms with E-state index in [1.807, 2.05) is 73.7 Å². The fourth-order valence-corrected chi connectivity index (χ4v) is 4.68. The molecule has 6 heteroatoms. The first-order valence-electron chi connectivity index (χ1n) is 11.2. The number of thioether (sulfide) groups is 1. The van der Waals surface area contributed by atoms with Gasteiger partial charge in [-0.3, -0.25) is 4.79 Å². The number of nitrogens with one attached hydrogen (secondary N) is 1. The van der Waals surface area contributed by atoms with E-state index >= 15 is 0 Å². The molecule has 1 fully saturated rings. The molecule has 4 aromatic carbocycles. The number of amidine groups is 1. The Morgan fingerprint density at radius 1 is 0.943 bits per heavy atom. The van der Waals surface area contributed by atoms with Crippen LogP contribution in [0.1, 0.15) is 16.7 Å². The number of carbonyl (C=O) groups is 1. The second-order valence-electron chi connectivity index (χ2n) is 8.15. The lowest BCUT2D eigenvalue weighted by atomic mass is 10.1. The van der Waals surface area contributed by atoms with Gasteiger partial charge < -0.3 is 14.8 Å². The Morgan fingerprint density at radius 2 is 1.74 bits per heavy atom. The van der Waals surface area contributed by atoms with Crippen molar-refractivity contribution in [3.05, 3.63) is 107 Å². The molecule has 1 aliphatic heterocycles. The van der Waals surface area contributed by atoms with Crippen LogP contribution in [0.4, 0.5) is 5.69 Å². The van der Waals surface area contributed by atoms with E-state index in [-0.39, 0.29) is 5.91 Å². The summed E-state index contributed by atoms with van der Waals surface area (Å²) in [6.07, 6.45) is 1.83. The molecule has 1 N–H and O–H groups in total. The van der Waals surface area contributed by atoms with E-state index in [2.05, 4.69) is 34.6 Å². The molecule has 0 aromatic heterocycles. The second kappa shape index (κ2) is 10.1. The molecule has 1 aliphatic rings. The number of aryl methyl sites for hydroxylation is 1. The molecule has 174 valence electrons. The minimum absolute atomic E-state index is 0.170. The standard InChI is InChI=1S/C29H24N2O3S/c1-19-10-13-23(14-11-19)30-29-31-28(32)27(35-29)17-20-12-15-25(26(16-20)33-2)34-18-22-8-5-7-21-6-3-4-9-24(21)22/h3-17H,18H2,1-2H3,(H,30,31,32)/b27-17-. The number of carbonyl (C=O) groups excluding carboxylic acids is 1. The molecule has 1 amide bonds. The van der Waals surface area contributed by atoms with Gasteiger partial charge in [0.2, 0.25) is 0 Å². The summed E-state index contributed by atoms with van der Waals surface area (Å²) in [7, 11) is 1.61. The lowest BCUT2D eigenvalue weighted by Gasteiger charge is -2.13. The molecule has 0 spiro atoms. The smallest absolute Gasteiger partial charge is 0.264 e. The van der Waals surface area contributed by atoms with Crippen LogP contribution in [0.2, 0.25) is 0 Å². The SMILES string of the molecule is COc1cc(/C=C2\SC(=Nc3ccc(C)cc3)NC2=O)ccc1OCc1cccc2ccccc12. The minimum Gasteiger partial charge on any atom is -0.493 e. The Hall–Kier alpha value is -4.03. The molecule has 5 rings (SSSR count). The van der Waals surface area contributed by atoms with Gasteiger partial charge in [0.15, 0.2) is 16.7 Å². The molecule has 4 aromatic rings. The molecule has 0 unspecified atom stereocenters. The average Bonchev–Trinajstić information content (AvgIpc) is 3.22. The lowest BCUT2D eigenvalue weighted by Crippen LogP contribution is -2.19. The van der Waals surface area contributed by atoms with E-state index in [0.29, 0.717) is 28.2 Å². The van der Waals surface area contributed by atoms with Crippen molar-refractivity contribution < 1.29 is 14.3 Å². The molecule has 0 aliphatic carbocycles. The fourth-order valence-electron chi connectivity index (χ4n) is 3.84. The Labute approximate surface area is 208 Å². The first kappa shape index (κ1) is 22.7. The molecular formula is C29H24N2O3S. The van der Waals surface area contributed by atoms with E-state index < -0.39 is 0 Å². The average molecular weight is 481 g/mol. The number of methoxy groups -OCH3 is 1. The lowest BCUT2D eigenvalue weighted by molar-refractivity contribution is -0.115. The van der Waals surface area contributed by atoms with Crippen molar-refractivity contribution in [2.75, 3.05) is 7.11 Å². The largest absolute Gasteiger partial charge is 0.493 e. The van der Waals surface area contributed by atoms with E-state index in [1.165, 1.54) is 22.5 Å². The normalized spacial score (nSPS) is 15.5. The monoisotopic (exact) mass is 480 g/mol. The summed E-state index contributed by atoms with van der Waals surface area (Å²) >= 11 is 1.32. The molecule has 1 saturated heterocycles. The summed E-state index contributed by atoms with van der Waals surface area (Å²) in [5, 5.41) is 5.74. The second-order valence-corrected chi connectivity index (χ2v) is 9.19. The minimum atomic E-state index is -0.170. The molecule has 1 heterocycles. The summed E-state index contributed by atoms with van der Waals surface area (Å²) < 4.78 is 11.7. The predicted molar refractivity (Wildman–Crippen MR) is 143 cm³/mol. The van der Waals surface area contributed by atoms with E-state index in [9.17, 15) is 4.79 Å². The molecule has 35 heavy (non-hydrogen) atoms. The van der Waals surface area contributed by atoms with Crippen LogP contribution >= 0.6 is 11.8 Å². The predicted octanol–water partition coefficient (Wildman–Crippen LogP) is 6.63. The van der Waals surface area contributed by atoms with Crippen molar-refractivity contribution >= 4 is 45.4 Å². The van der Waals surface area contributed by atoms with Gasteiger partial charge in [0.25, 0.3) is 5.91 Å². The van der Waals surface area contributed by atoms with Crippen LogP contribution in [0.25, 0.3) is 16.8 Å². The van der Waals surface area contributed by atoms with Crippen LogP contribution in [-0.4, -0.2) is 18.2 Å². The van der Waals surface area contributed by atoms with E-state index in [1.54, 1.807) is 7.11 Å². The third-order valence-electron chi connectivity index (χ3n) is 5.66. The maximum atomic E-state index is 12.5. The van der Waals surface area contributed by atoms with Gasteiger partial charge in [-0.2, -0.15) is 0 Å². The Kier molecular flexibility index (Phi) is 6.55. The molecule has 0 saturated carbocycles. The first-order chi connectivity index (χ1) is 17.1. The van der Waals surface area contributed by atoms with Gasteiger partial charge in [-0.1, -0.05) is 66.2 Å². The molecular weight excluding hydrogens is 456 g/mol. The molecule has 5 nitrogen and oxygen atoms in total. The highest BCUT2D eigenvalue weighted by Crippen LogP contribution is 2.33. The fraction of sp³-hybridized carbons (Fsp3) is 0.103. The summed E-state index contributed by atoms with van der Waals surface area (Å²) in [5.41, 5.74) is 3.91. The first-order valence-corrected chi connectivity index (χ1v) is 12.0. The topological polar surface area (TPSA) is 59.9 Å². The highest BCUT2D eigenvalue weighted by atomic mass is 32.2. The van der Waals surface area contributed by atoms with Crippen molar-refractivity contribution in [1.29, 1.82) is 0 Å². The highest BCUT2D eigenvalue weighted by Gasteiger charge is 2.24. The number of hydrogen-bond acceptors (Lipinski definition) is 5. The number of aliphatic imine (C=N–C) groups is 1. The van der Waals surface area contributed by atoms with Crippen LogP contribution in [0.15, 0.2) is 94.8 Å². The van der Waals surface area contributed by atoms with Crippen LogP contribution in [0.5, 0.6) is 11.5 Å². The summed E-state index contributed by atoms with van der Waals surface area (Å²) in [6, 6.07) is 28.0. The Bertz CT molecular complexity index is 1450. The van der Waals surface area contributed by atoms with Crippen molar-refractivity contribution in [3.63, 3.8) is 0 Å². The van der Waals surface area contributed by atoms with Crippen molar-refractivity contribution in [2.24, 2.45) is 4.99 Å². The number of amides is 1. The highest BCUT2D eigenvalue weighted by molar-refractivity contribution is 8.18. The van der Waals surface area contributed by atoms with Gasteiger partial charge in [0, 0.05) is 0 Å².